The van der Waals surface area contributed by atoms with E-state index in [1.165, 1.54) is 30.5 Å². The van der Waals surface area contributed by atoms with E-state index in [0.717, 1.165) is 0 Å². The Hall–Kier alpha value is -2.71. The molecule has 2 amide bonds. The van der Waals surface area contributed by atoms with Crippen molar-refractivity contribution in [3.8, 4) is 5.88 Å². The van der Waals surface area contributed by atoms with Crippen LogP contribution in [0, 0.1) is 5.82 Å². The summed E-state index contributed by atoms with van der Waals surface area (Å²) in [6, 6.07) is 7.18. The van der Waals surface area contributed by atoms with Gasteiger partial charge in [0.05, 0.1) is 18.2 Å². The molecule has 1 aliphatic heterocycles. The van der Waals surface area contributed by atoms with Gasteiger partial charge >= 0.3 is 0 Å². The lowest BCUT2D eigenvalue weighted by Crippen LogP contribution is -2.50. The van der Waals surface area contributed by atoms with Crippen LogP contribution in [0.15, 0.2) is 36.5 Å². The molecule has 0 spiro atoms. The number of carbonyl (C=O) groups excluding carboxylic acids is 2. The fourth-order valence-electron chi connectivity index (χ4n) is 3.08. The van der Waals surface area contributed by atoms with Crippen LogP contribution in [0.1, 0.15) is 24.2 Å². The second-order valence-corrected chi connectivity index (χ2v) is 7.71. The van der Waals surface area contributed by atoms with Crippen molar-refractivity contribution in [2.24, 2.45) is 0 Å². The van der Waals surface area contributed by atoms with Crippen LogP contribution in [-0.4, -0.2) is 65.4 Å². The average Bonchev–Trinajstić information content (AvgIpc) is 2.71. The lowest BCUT2D eigenvalue weighted by atomic mass is 10.2. The van der Waals surface area contributed by atoms with Crippen LogP contribution in [0.25, 0.3) is 0 Å². The first-order valence-corrected chi connectivity index (χ1v) is 10.1. The van der Waals surface area contributed by atoms with Gasteiger partial charge in [-0.05, 0) is 44.2 Å². The zero-order chi connectivity index (χ0) is 21.7. The smallest absolute Gasteiger partial charge is 0.255 e. The second-order valence-electron chi connectivity index (χ2n) is 7.30. The zero-order valence-corrected chi connectivity index (χ0v) is 17.7. The molecule has 1 saturated heterocycles. The molecule has 2 heterocycles. The number of halogens is 2. The molecule has 1 N–H and O–H groups in total. The number of hydrogen-bond donors (Lipinski definition) is 1. The third-order valence-electron chi connectivity index (χ3n) is 4.56. The first kappa shape index (κ1) is 22.0. The van der Waals surface area contributed by atoms with Crippen LogP contribution in [0.4, 0.5) is 10.1 Å². The predicted molar refractivity (Wildman–Crippen MR) is 112 cm³/mol. The van der Waals surface area contributed by atoms with E-state index in [-0.39, 0.29) is 30.3 Å². The maximum atomic E-state index is 12.9. The largest absolute Gasteiger partial charge is 0.474 e. The van der Waals surface area contributed by atoms with Gasteiger partial charge in [0.15, 0.2) is 0 Å². The number of nitrogens with one attached hydrogen (secondary N) is 1. The fourth-order valence-corrected chi connectivity index (χ4v) is 3.29. The Bertz CT molecular complexity index is 900. The first-order valence-electron chi connectivity index (χ1n) is 9.71. The van der Waals surface area contributed by atoms with Crippen molar-refractivity contribution >= 4 is 29.1 Å². The Morgan fingerprint density at radius 1 is 1.20 bits per heavy atom. The Balaban J connectivity index is 1.50. The van der Waals surface area contributed by atoms with Gasteiger partial charge in [-0.25, -0.2) is 9.37 Å². The molecule has 1 aromatic carbocycles. The fraction of sp³-hybridized carbons (Fsp3) is 0.381. The van der Waals surface area contributed by atoms with Gasteiger partial charge in [0.25, 0.3) is 5.91 Å². The van der Waals surface area contributed by atoms with Crippen LogP contribution in [0.2, 0.25) is 5.02 Å². The lowest BCUT2D eigenvalue weighted by molar-refractivity contribution is -0.117. The highest BCUT2D eigenvalue weighted by Gasteiger charge is 2.24. The quantitative estimate of drug-likeness (QED) is 0.756. The summed E-state index contributed by atoms with van der Waals surface area (Å²) in [5.41, 5.74) is 0.947. The van der Waals surface area contributed by atoms with Gasteiger partial charge in [0.1, 0.15) is 10.8 Å². The number of hydrogen-bond acceptors (Lipinski definition) is 5. The van der Waals surface area contributed by atoms with E-state index in [9.17, 15) is 14.0 Å². The number of carbonyl (C=O) groups is 2. The third-order valence-corrected chi connectivity index (χ3v) is 4.83. The predicted octanol–water partition coefficient (Wildman–Crippen LogP) is 3.06. The lowest BCUT2D eigenvalue weighted by Gasteiger charge is -2.34. The van der Waals surface area contributed by atoms with Crippen LogP contribution in [0.5, 0.6) is 5.88 Å². The normalized spacial score (nSPS) is 14.6. The number of piperazine rings is 1. The highest BCUT2D eigenvalue weighted by molar-refractivity contribution is 6.32. The molecule has 0 radical (unpaired) electrons. The van der Waals surface area contributed by atoms with Crippen LogP contribution >= 0.6 is 11.6 Å². The summed E-state index contributed by atoms with van der Waals surface area (Å²) < 4.78 is 18.4. The van der Waals surface area contributed by atoms with Crippen molar-refractivity contribution in [1.29, 1.82) is 0 Å². The van der Waals surface area contributed by atoms with E-state index in [1.807, 2.05) is 18.7 Å². The van der Waals surface area contributed by atoms with Gasteiger partial charge < -0.3 is 15.0 Å². The van der Waals surface area contributed by atoms with Gasteiger partial charge in [0.2, 0.25) is 11.8 Å². The molecule has 0 atom stereocenters. The Labute approximate surface area is 179 Å². The van der Waals surface area contributed by atoms with Crippen LogP contribution in [-0.2, 0) is 4.79 Å². The number of ether oxygens (including phenoxy) is 1. The van der Waals surface area contributed by atoms with E-state index in [4.69, 9.17) is 16.3 Å². The number of anilines is 1. The number of rotatable bonds is 6. The molecule has 7 nitrogen and oxygen atoms in total. The molecule has 0 aliphatic carbocycles. The third kappa shape index (κ3) is 5.90. The van der Waals surface area contributed by atoms with Gasteiger partial charge in [-0.15, -0.1) is 0 Å². The molecule has 9 heteroatoms. The minimum atomic E-state index is -0.354. The molecule has 160 valence electrons. The maximum Gasteiger partial charge on any atom is 0.255 e. The van der Waals surface area contributed by atoms with Crippen molar-refractivity contribution < 1.29 is 18.7 Å². The van der Waals surface area contributed by atoms with Crippen molar-refractivity contribution in [3.05, 3.63) is 52.9 Å². The highest BCUT2D eigenvalue weighted by atomic mass is 35.5. The number of aromatic nitrogens is 1. The van der Waals surface area contributed by atoms with Crippen molar-refractivity contribution in [3.63, 3.8) is 0 Å². The SMILES string of the molecule is CC(C)Oc1ncc(C(=O)N2CCN(CC(=O)Nc3ccc(F)cc3)CC2)cc1Cl. The van der Waals surface area contributed by atoms with Gasteiger partial charge in [-0.3, -0.25) is 14.5 Å². The summed E-state index contributed by atoms with van der Waals surface area (Å²) in [6.45, 7) is 6.06. The zero-order valence-electron chi connectivity index (χ0n) is 16.9. The Morgan fingerprint density at radius 3 is 2.47 bits per heavy atom. The first-order chi connectivity index (χ1) is 14.3. The molecule has 1 aromatic heterocycles. The van der Waals surface area contributed by atoms with E-state index in [0.29, 0.717) is 48.3 Å². The molecule has 0 unspecified atom stereocenters. The number of amides is 2. The molecule has 0 saturated carbocycles. The summed E-state index contributed by atoms with van der Waals surface area (Å²) >= 11 is 6.18. The minimum Gasteiger partial charge on any atom is -0.474 e. The molecule has 2 aromatic rings. The molecular formula is C21H24ClFN4O3. The van der Waals surface area contributed by atoms with Crippen molar-refractivity contribution in [2.45, 2.75) is 20.0 Å². The molecule has 1 fully saturated rings. The van der Waals surface area contributed by atoms with E-state index >= 15 is 0 Å². The maximum absolute atomic E-state index is 12.9. The summed E-state index contributed by atoms with van der Waals surface area (Å²) in [5, 5.41) is 3.04. The van der Waals surface area contributed by atoms with E-state index in [2.05, 4.69) is 10.3 Å². The van der Waals surface area contributed by atoms with Crippen LogP contribution in [0.3, 0.4) is 0 Å². The summed E-state index contributed by atoms with van der Waals surface area (Å²) in [4.78, 5) is 32.8. The monoisotopic (exact) mass is 434 g/mol. The molecule has 1 aliphatic rings. The topological polar surface area (TPSA) is 74.8 Å². The molecule has 30 heavy (non-hydrogen) atoms. The number of pyridine rings is 1. The second kappa shape index (κ2) is 9.86. The molecular weight excluding hydrogens is 411 g/mol. The minimum absolute atomic E-state index is 0.0649. The van der Waals surface area contributed by atoms with Gasteiger partial charge in [0, 0.05) is 38.1 Å². The van der Waals surface area contributed by atoms with Gasteiger partial charge in [-0.2, -0.15) is 0 Å². The molecule has 0 bridgehead atoms. The van der Waals surface area contributed by atoms with E-state index in [1.54, 1.807) is 11.0 Å². The number of benzene rings is 1. The van der Waals surface area contributed by atoms with Crippen molar-refractivity contribution in [2.75, 3.05) is 38.0 Å². The van der Waals surface area contributed by atoms with Gasteiger partial charge in [-0.1, -0.05) is 11.6 Å². The Kier molecular flexibility index (Phi) is 7.23. The average molecular weight is 435 g/mol. The van der Waals surface area contributed by atoms with E-state index < -0.39 is 0 Å². The molecule has 3 rings (SSSR count). The highest BCUT2D eigenvalue weighted by Crippen LogP contribution is 2.24. The summed E-state index contributed by atoms with van der Waals surface area (Å²) in [7, 11) is 0. The standard InChI is InChI=1S/C21H24ClFN4O3/c1-14(2)30-20-18(22)11-15(12-24-20)21(29)27-9-7-26(8-10-27)13-19(28)25-17-5-3-16(23)4-6-17/h3-6,11-12,14H,7-10,13H2,1-2H3,(H,25,28). The number of nitrogens with zero attached hydrogens (tertiary/aromatic N) is 3. The Morgan fingerprint density at radius 2 is 1.87 bits per heavy atom. The summed E-state index contributed by atoms with van der Waals surface area (Å²) in [6.07, 6.45) is 1.40. The van der Waals surface area contributed by atoms with Crippen LogP contribution < -0.4 is 10.1 Å². The van der Waals surface area contributed by atoms with Crippen molar-refractivity contribution in [1.82, 2.24) is 14.8 Å². The summed E-state index contributed by atoms with van der Waals surface area (Å²) in [5.74, 6) is -0.387.